The third kappa shape index (κ3) is 7.99. The summed E-state index contributed by atoms with van der Waals surface area (Å²) in [6.07, 6.45) is 5.40. The first kappa shape index (κ1) is 25.4. The highest BCUT2D eigenvalue weighted by Crippen LogP contribution is 2.34. The van der Waals surface area contributed by atoms with Crippen LogP contribution in [0.4, 0.5) is 0 Å². The molecule has 0 radical (unpaired) electrons. The summed E-state index contributed by atoms with van der Waals surface area (Å²) in [5, 5.41) is 6.87. The SMILES string of the molecule is CCNC(=NCC1(SC)CCOCC1)NCCC(C)c1ccc(OC)cc1.I. The van der Waals surface area contributed by atoms with Gasteiger partial charge in [-0.3, -0.25) is 4.99 Å². The zero-order valence-corrected chi connectivity index (χ0v) is 20.8. The molecule has 1 atom stereocenters. The van der Waals surface area contributed by atoms with Gasteiger partial charge >= 0.3 is 0 Å². The fourth-order valence-electron chi connectivity index (χ4n) is 3.24. The molecule has 1 aliphatic heterocycles. The summed E-state index contributed by atoms with van der Waals surface area (Å²) in [6.45, 7) is 8.66. The van der Waals surface area contributed by atoms with Crippen molar-refractivity contribution in [3.05, 3.63) is 29.8 Å². The van der Waals surface area contributed by atoms with Crippen molar-refractivity contribution in [2.45, 2.75) is 43.8 Å². The Morgan fingerprint density at radius 2 is 1.93 bits per heavy atom. The lowest BCUT2D eigenvalue weighted by Gasteiger charge is -2.34. The molecule has 0 saturated carbocycles. The van der Waals surface area contributed by atoms with Crippen LogP contribution < -0.4 is 15.4 Å². The van der Waals surface area contributed by atoms with Gasteiger partial charge in [0.15, 0.2) is 5.96 Å². The monoisotopic (exact) mass is 521 g/mol. The van der Waals surface area contributed by atoms with Crippen LogP contribution >= 0.6 is 35.7 Å². The van der Waals surface area contributed by atoms with Crippen LogP contribution in [0, 0.1) is 0 Å². The highest BCUT2D eigenvalue weighted by Gasteiger charge is 2.31. The van der Waals surface area contributed by atoms with Crippen LogP contribution in [0.5, 0.6) is 5.75 Å². The quantitative estimate of drug-likeness (QED) is 0.289. The van der Waals surface area contributed by atoms with Gasteiger partial charge in [-0.05, 0) is 56.1 Å². The molecule has 0 amide bonds. The number of thioether (sulfide) groups is 1. The first-order valence-corrected chi connectivity index (χ1v) is 11.1. The number of rotatable bonds is 9. The fraction of sp³-hybridized carbons (Fsp3) is 0.667. The molecule has 28 heavy (non-hydrogen) atoms. The number of methoxy groups -OCH3 is 1. The van der Waals surface area contributed by atoms with Gasteiger partial charge in [-0.1, -0.05) is 19.1 Å². The summed E-state index contributed by atoms with van der Waals surface area (Å²) in [4.78, 5) is 4.87. The number of halogens is 1. The second-order valence-electron chi connectivity index (χ2n) is 7.08. The van der Waals surface area contributed by atoms with Gasteiger partial charge in [0.25, 0.3) is 0 Å². The smallest absolute Gasteiger partial charge is 0.191 e. The van der Waals surface area contributed by atoms with Gasteiger partial charge < -0.3 is 20.1 Å². The van der Waals surface area contributed by atoms with Crippen LogP contribution in [-0.4, -0.2) is 56.9 Å². The molecule has 1 aliphatic rings. The molecule has 1 saturated heterocycles. The molecule has 1 unspecified atom stereocenters. The van der Waals surface area contributed by atoms with E-state index >= 15 is 0 Å². The maximum Gasteiger partial charge on any atom is 0.191 e. The Bertz CT molecular complexity index is 578. The molecule has 1 fully saturated rings. The molecule has 1 aromatic rings. The topological polar surface area (TPSA) is 54.9 Å². The molecule has 0 bridgehead atoms. The van der Waals surface area contributed by atoms with Crippen molar-refractivity contribution in [1.29, 1.82) is 0 Å². The predicted molar refractivity (Wildman–Crippen MR) is 132 cm³/mol. The predicted octanol–water partition coefficient (Wildman–Crippen LogP) is 4.27. The van der Waals surface area contributed by atoms with E-state index in [0.717, 1.165) is 63.8 Å². The van der Waals surface area contributed by atoms with E-state index < -0.39 is 0 Å². The molecule has 0 aromatic heterocycles. The van der Waals surface area contributed by atoms with Gasteiger partial charge in [-0.2, -0.15) is 11.8 Å². The van der Waals surface area contributed by atoms with Gasteiger partial charge in [0.2, 0.25) is 0 Å². The van der Waals surface area contributed by atoms with Crippen molar-refractivity contribution in [2.75, 3.05) is 46.2 Å². The Hall–Kier alpha value is -0.670. The number of ether oxygens (including phenoxy) is 2. The molecule has 7 heteroatoms. The first-order chi connectivity index (χ1) is 13.1. The summed E-state index contributed by atoms with van der Waals surface area (Å²) in [5.41, 5.74) is 1.34. The molecule has 0 aliphatic carbocycles. The Morgan fingerprint density at radius 3 is 2.50 bits per heavy atom. The second kappa shape index (κ2) is 13.5. The Kier molecular flexibility index (Phi) is 12.3. The van der Waals surface area contributed by atoms with Gasteiger partial charge in [0, 0.05) is 31.1 Å². The van der Waals surface area contributed by atoms with Crippen LogP contribution in [0.25, 0.3) is 0 Å². The van der Waals surface area contributed by atoms with E-state index in [0.29, 0.717) is 5.92 Å². The fourth-order valence-corrected chi connectivity index (χ4v) is 4.01. The zero-order valence-electron chi connectivity index (χ0n) is 17.6. The minimum atomic E-state index is 0. The maximum absolute atomic E-state index is 5.53. The molecule has 0 spiro atoms. The molecular weight excluding hydrogens is 485 g/mol. The normalized spacial score (nSPS) is 17.4. The molecule has 160 valence electrons. The van der Waals surface area contributed by atoms with Crippen molar-refractivity contribution < 1.29 is 9.47 Å². The van der Waals surface area contributed by atoms with Crippen LogP contribution in [0.1, 0.15) is 44.6 Å². The highest BCUT2D eigenvalue weighted by atomic mass is 127. The molecular formula is C21H36IN3O2S. The molecule has 1 heterocycles. The number of guanidine groups is 1. The average Bonchev–Trinajstić information content (AvgIpc) is 2.72. The largest absolute Gasteiger partial charge is 0.497 e. The minimum Gasteiger partial charge on any atom is -0.497 e. The molecule has 2 rings (SSSR count). The molecule has 1 aromatic carbocycles. The van der Waals surface area contributed by atoms with Crippen molar-refractivity contribution in [3.8, 4) is 5.75 Å². The van der Waals surface area contributed by atoms with Gasteiger partial charge in [-0.25, -0.2) is 0 Å². The third-order valence-electron chi connectivity index (χ3n) is 5.26. The van der Waals surface area contributed by atoms with Crippen LogP contribution in [0.2, 0.25) is 0 Å². The van der Waals surface area contributed by atoms with Gasteiger partial charge in [-0.15, -0.1) is 24.0 Å². The van der Waals surface area contributed by atoms with Crippen molar-refractivity contribution in [1.82, 2.24) is 10.6 Å². The van der Waals surface area contributed by atoms with E-state index in [1.54, 1.807) is 7.11 Å². The lowest BCUT2D eigenvalue weighted by atomic mass is 9.98. The average molecular weight is 522 g/mol. The van der Waals surface area contributed by atoms with E-state index in [2.05, 4.69) is 42.9 Å². The lowest BCUT2D eigenvalue weighted by molar-refractivity contribution is 0.0794. The molecule has 5 nitrogen and oxygen atoms in total. The standard InChI is InChI=1S/C21H35N3O2S.HI/c1-5-22-20(24-16-21(27-4)11-14-26-15-12-21)23-13-10-17(2)18-6-8-19(25-3)9-7-18;/h6-9,17H,5,10-16H2,1-4H3,(H2,22,23,24);1H. The highest BCUT2D eigenvalue weighted by molar-refractivity contribution is 14.0. The van der Waals surface area contributed by atoms with Crippen LogP contribution in [-0.2, 0) is 4.74 Å². The van der Waals surface area contributed by atoms with Crippen molar-refractivity contribution in [3.63, 3.8) is 0 Å². The number of benzene rings is 1. The van der Waals surface area contributed by atoms with Gasteiger partial charge in [0.1, 0.15) is 5.75 Å². The summed E-state index contributed by atoms with van der Waals surface area (Å²) in [7, 11) is 1.70. The molecule has 2 N–H and O–H groups in total. The number of nitrogens with zero attached hydrogens (tertiary/aromatic N) is 1. The van der Waals surface area contributed by atoms with E-state index in [1.807, 2.05) is 23.9 Å². The summed E-state index contributed by atoms with van der Waals surface area (Å²) in [5.74, 6) is 2.31. The Morgan fingerprint density at radius 1 is 1.25 bits per heavy atom. The number of nitrogens with one attached hydrogen (secondary N) is 2. The van der Waals surface area contributed by atoms with Gasteiger partial charge in [0.05, 0.1) is 13.7 Å². The van der Waals surface area contributed by atoms with E-state index in [9.17, 15) is 0 Å². The lowest BCUT2D eigenvalue weighted by Crippen LogP contribution is -2.41. The van der Waals surface area contributed by atoms with E-state index in [1.165, 1.54) is 5.56 Å². The summed E-state index contributed by atoms with van der Waals surface area (Å²) < 4.78 is 11.0. The first-order valence-electron chi connectivity index (χ1n) is 9.91. The summed E-state index contributed by atoms with van der Waals surface area (Å²) in [6, 6.07) is 8.35. The maximum atomic E-state index is 5.53. The number of hydrogen-bond acceptors (Lipinski definition) is 4. The zero-order chi connectivity index (χ0) is 19.5. The third-order valence-corrected chi connectivity index (χ3v) is 6.66. The van der Waals surface area contributed by atoms with E-state index in [4.69, 9.17) is 14.5 Å². The summed E-state index contributed by atoms with van der Waals surface area (Å²) >= 11 is 1.93. The van der Waals surface area contributed by atoms with Crippen LogP contribution in [0.15, 0.2) is 29.3 Å². The van der Waals surface area contributed by atoms with Crippen molar-refractivity contribution in [2.24, 2.45) is 4.99 Å². The second-order valence-corrected chi connectivity index (χ2v) is 8.36. The number of aliphatic imine (C=N–C) groups is 1. The van der Waals surface area contributed by atoms with Crippen molar-refractivity contribution >= 4 is 41.7 Å². The Labute approximate surface area is 191 Å². The minimum absolute atomic E-state index is 0. The van der Waals surface area contributed by atoms with E-state index in [-0.39, 0.29) is 28.7 Å². The Balaban J connectivity index is 0.00000392. The van der Waals surface area contributed by atoms with Crippen LogP contribution in [0.3, 0.4) is 0 Å². The number of hydrogen-bond donors (Lipinski definition) is 2.